The van der Waals surface area contributed by atoms with Crippen LogP contribution in [0.15, 0.2) is 59.7 Å². The van der Waals surface area contributed by atoms with E-state index in [0.717, 1.165) is 20.0 Å². The lowest BCUT2D eigenvalue weighted by atomic mass is 10.0. The van der Waals surface area contributed by atoms with E-state index in [9.17, 15) is 36.3 Å². The molecule has 0 saturated carbocycles. The van der Waals surface area contributed by atoms with Gasteiger partial charge in [0.05, 0.1) is 17.1 Å². The molecule has 46 heavy (non-hydrogen) atoms. The van der Waals surface area contributed by atoms with E-state index in [1.807, 2.05) is 19.2 Å². The Hall–Kier alpha value is -4.92. The summed E-state index contributed by atoms with van der Waals surface area (Å²) >= 11 is 0. The number of carbonyl (C=O) groups is 3. The molecule has 3 aromatic rings. The number of aromatic nitrogens is 1. The van der Waals surface area contributed by atoms with Gasteiger partial charge in [-0.05, 0) is 38.2 Å². The third-order valence-corrected chi connectivity index (χ3v) is 7.19. The van der Waals surface area contributed by atoms with Crippen LogP contribution in [-0.2, 0) is 14.4 Å². The minimum absolute atomic E-state index is 0.0304. The Morgan fingerprint density at radius 3 is 2.37 bits per heavy atom. The number of carbonyl (C=O) groups excluding carboxylic acids is 3. The number of halogens is 5. The number of likely N-dealkylation sites (N-methyl/N-ethyl adjacent to an activating group) is 1. The first kappa shape index (κ1) is 34.0. The molecule has 0 radical (unpaired) electrons. The second-order valence-electron chi connectivity index (χ2n) is 10.1. The standard InChI is InChI=1S/C31H31F5N6O4/c1-4-41(5-2)14-15-42-21-12-7-6-10-18(21)26(20-11-8-9-13-37-20)39-28(31(42)45)40-29(43)17(3)38-30(44)27(36)46-22-16-19(32)23(33)25(35)24(22)34/h6-13,16-17,27-28H,4-5,14-15H2,1-3H3,(H,38,44)(H,40,43)/t17-,27?,28?/m0/s1. The molecule has 1 aliphatic heterocycles. The minimum Gasteiger partial charge on any atom is -0.448 e. The van der Waals surface area contributed by atoms with Crippen LogP contribution in [0.5, 0.6) is 5.75 Å². The molecule has 2 N–H and O–H groups in total. The summed E-state index contributed by atoms with van der Waals surface area (Å²) in [5.41, 5.74) is 1.87. The van der Waals surface area contributed by atoms with Gasteiger partial charge in [-0.2, -0.15) is 8.78 Å². The van der Waals surface area contributed by atoms with Crippen LogP contribution in [0, 0.1) is 23.3 Å². The second-order valence-corrected chi connectivity index (χ2v) is 10.1. The third kappa shape index (κ3) is 7.47. The monoisotopic (exact) mass is 646 g/mol. The van der Waals surface area contributed by atoms with Gasteiger partial charge in [-0.3, -0.25) is 19.4 Å². The first-order valence-corrected chi connectivity index (χ1v) is 14.3. The van der Waals surface area contributed by atoms with E-state index in [1.165, 1.54) is 4.90 Å². The summed E-state index contributed by atoms with van der Waals surface area (Å²) in [6, 6.07) is 10.7. The van der Waals surface area contributed by atoms with E-state index >= 15 is 0 Å². The molecule has 3 atom stereocenters. The SMILES string of the molecule is CCN(CC)CCN1C(=O)C(NC(=O)[C@H](C)NC(=O)C(F)Oc2cc(F)c(F)c(F)c2F)N=C(c2ccccn2)c2ccccc21. The first-order valence-electron chi connectivity index (χ1n) is 14.3. The third-order valence-electron chi connectivity index (χ3n) is 7.19. The average Bonchev–Trinajstić information content (AvgIpc) is 3.17. The molecule has 0 bridgehead atoms. The normalized spacial score (nSPS) is 15.8. The van der Waals surface area contributed by atoms with E-state index in [1.54, 1.807) is 48.7 Å². The van der Waals surface area contributed by atoms with Crippen LogP contribution in [0.1, 0.15) is 32.0 Å². The number of nitrogens with one attached hydrogen (secondary N) is 2. The van der Waals surface area contributed by atoms with Gasteiger partial charge in [-0.15, -0.1) is 0 Å². The minimum atomic E-state index is -3.05. The van der Waals surface area contributed by atoms with Gasteiger partial charge >= 0.3 is 6.36 Å². The maximum Gasteiger partial charge on any atom is 0.316 e. The highest BCUT2D eigenvalue weighted by Crippen LogP contribution is 2.28. The summed E-state index contributed by atoms with van der Waals surface area (Å²) in [6.45, 7) is 7.39. The van der Waals surface area contributed by atoms with Crippen molar-refractivity contribution in [3.05, 3.63) is 89.3 Å². The second kappa shape index (κ2) is 14.9. The fourth-order valence-electron chi connectivity index (χ4n) is 4.65. The number of benzene rings is 2. The number of benzodiazepines with no additional fused rings is 1. The Morgan fingerprint density at radius 1 is 1.00 bits per heavy atom. The number of hydrogen-bond donors (Lipinski definition) is 2. The fourth-order valence-corrected chi connectivity index (χ4v) is 4.65. The highest BCUT2D eigenvalue weighted by molar-refractivity contribution is 6.19. The highest BCUT2D eigenvalue weighted by Gasteiger charge is 2.35. The van der Waals surface area contributed by atoms with Gasteiger partial charge in [0.1, 0.15) is 6.04 Å². The van der Waals surface area contributed by atoms with Crippen molar-refractivity contribution in [1.82, 2.24) is 20.5 Å². The zero-order chi connectivity index (χ0) is 33.5. The van der Waals surface area contributed by atoms with E-state index in [2.05, 4.69) is 24.9 Å². The largest absolute Gasteiger partial charge is 0.448 e. The van der Waals surface area contributed by atoms with Crippen molar-refractivity contribution in [3.63, 3.8) is 0 Å². The summed E-state index contributed by atoms with van der Waals surface area (Å²) < 4.78 is 72.9. The van der Waals surface area contributed by atoms with E-state index < -0.39 is 65.3 Å². The molecule has 0 spiro atoms. The molecule has 0 fully saturated rings. The van der Waals surface area contributed by atoms with Crippen LogP contribution < -0.4 is 20.3 Å². The number of anilines is 1. The first-order chi connectivity index (χ1) is 22.0. The van der Waals surface area contributed by atoms with Crippen molar-refractivity contribution in [2.24, 2.45) is 4.99 Å². The summed E-state index contributed by atoms with van der Waals surface area (Å²) in [5.74, 6) is -12.9. The Morgan fingerprint density at radius 2 is 1.70 bits per heavy atom. The number of amides is 3. The lowest BCUT2D eigenvalue weighted by molar-refractivity contribution is -0.139. The molecule has 244 valence electrons. The number of pyridine rings is 1. The zero-order valence-electron chi connectivity index (χ0n) is 25.1. The van der Waals surface area contributed by atoms with E-state index in [-0.39, 0.29) is 12.6 Å². The van der Waals surface area contributed by atoms with Crippen LogP contribution in [0.2, 0.25) is 0 Å². The predicted octanol–water partition coefficient (Wildman–Crippen LogP) is 3.49. The molecular formula is C31H31F5N6O4. The van der Waals surface area contributed by atoms with Crippen LogP contribution in [0.25, 0.3) is 0 Å². The number of hydrogen-bond acceptors (Lipinski definition) is 7. The summed E-state index contributed by atoms with van der Waals surface area (Å²) in [6.07, 6.45) is -3.00. The number of ether oxygens (including phenoxy) is 1. The average molecular weight is 647 g/mol. The molecule has 3 amide bonds. The van der Waals surface area contributed by atoms with Gasteiger partial charge in [-0.1, -0.05) is 38.1 Å². The maximum atomic E-state index is 14.5. The van der Waals surface area contributed by atoms with Crippen LogP contribution in [-0.4, -0.2) is 78.1 Å². The van der Waals surface area contributed by atoms with Gasteiger partial charge in [0.2, 0.25) is 23.7 Å². The molecule has 0 saturated heterocycles. The number of para-hydroxylation sites is 1. The molecule has 15 heteroatoms. The summed E-state index contributed by atoms with van der Waals surface area (Å²) in [4.78, 5) is 52.1. The predicted molar refractivity (Wildman–Crippen MR) is 158 cm³/mol. The van der Waals surface area contributed by atoms with Crippen LogP contribution >= 0.6 is 0 Å². The highest BCUT2D eigenvalue weighted by atomic mass is 19.2. The molecule has 2 heterocycles. The summed E-state index contributed by atoms with van der Waals surface area (Å²) in [7, 11) is 0. The molecule has 4 rings (SSSR count). The number of alkyl halides is 1. The Kier molecular flexibility index (Phi) is 11.0. The Bertz CT molecular complexity index is 1620. The Labute approximate surface area is 261 Å². The van der Waals surface area contributed by atoms with Gasteiger partial charge < -0.3 is 25.2 Å². The van der Waals surface area contributed by atoms with Crippen molar-refractivity contribution in [2.75, 3.05) is 31.1 Å². The van der Waals surface area contributed by atoms with Crippen molar-refractivity contribution in [3.8, 4) is 5.75 Å². The lowest BCUT2D eigenvalue weighted by Gasteiger charge is -2.28. The molecule has 10 nitrogen and oxygen atoms in total. The summed E-state index contributed by atoms with van der Waals surface area (Å²) in [5, 5.41) is 4.45. The molecule has 1 aliphatic rings. The van der Waals surface area contributed by atoms with Gasteiger partial charge in [-0.25, -0.2) is 18.2 Å². The smallest absolute Gasteiger partial charge is 0.316 e. The van der Waals surface area contributed by atoms with Crippen molar-refractivity contribution < 1.29 is 41.1 Å². The van der Waals surface area contributed by atoms with Gasteiger partial charge in [0, 0.05) is 30.9 Å². The number of rotatable bonds is 12. The van der Waals surface area contributed by atoms with Crippen molar-refractivity contribution in [2.45, 2.75) is 39.3 Å². The molecule has 2 unspecified atom stereocenters. The molecular weight excluding hydrogens is 615 g/mol. The number of aliphatic imine (C=N–C) groups is 1. The van der Waals surface area contributed by atoms with Crippen LogP contribution in [0.3, 0.4) is 0 Å². The van der Waals surface area contributed by atoms with Gasteiger partial charge in [0.15, 0.2) is 17.4 Å². The molecule has 1 aromatic heterocycles. The van der Waals surface area contributed by atoms with Crippen molar-refractivity contribution in [1.29, 1.82) is 0 Å². The van der Waals surface area contributed by atoms with Crippen molar-refractivity contribution >= 4 is 29.1 Å². The Balaban J connectivity index is 1.57. The topological polar surface area (TPSA) is 116 Å². The maximum absolute atomic E-state index is 14.5. The zero-order valence-corrected chi connectivity index (χ0v) is 25.1. The molecule has 0 aliphatic carbocycles. The van der Waals surface area contributed by atoms with E-state index in [4.69, 9.17) is 0 Å². The number of fused-ring (bicyclic) bond motifs is 1. The van der Waals surface area contributed by atoms with E-state index in [0.29, 0.717) is 29.2 Å². The number of nitrogens with zero attached hydrogens (tertiary/aromatic N) is 4. The lowest BCUT2D eigenvalue weighted by Crippen LogP contribution is -2.54. The van der Waals surface area contributed by atoms with Crippen LogP contribution in [0.4, 0.5) is 27.6 Å². The molecule has 2 aromatic carbocycles. The fraction of sp³-hybridized carbons (Fsp3) is 0.323. The quantitative estimate of drug-likeness (QED) is 0.177. The van der Waals surface area contributed by atoms with Gasteiger partial charge in [0.25, 0.3) is 11.8 Å².